The van der Waals surface area contributed by atoms with E-state index in [1.54, 1.807) is 35.6 Å². The van der Waals surface area contributed by atoms with E-state index in [1.165, 1.54) is 0 Å². The molecule has 7 nitrogen and oxygen atoms in total. The van der Waals surface area contributed by atoms with Crippen LogP contribution >= 0.6 is 11.3 Å². The number of rotatable bonds is 6. The lowest BCUT2D eigenvalue weighted by molar-refractivity contribution is -0.121. The molecule has 2 aromatic heterocycles. The van der Waals surface area contributed by atoms with E-state index < -0.39 is 11.8 Å². The Balaban J connectivity index is 1.32. The van der Waals surface area contributed by atoms with Crippen molar-refractivity contribution in [2.45, 2.75) is 13.5 Å². The molecule has 0 aliphatic carbocycles. The number of imide groups is 1. The highest BCUT2D eigenvalue weighted by molar-refractivity contribution is 7.13. The van der Waals surface area contributed by atoms with Crippen molar-refractivity contribution in [1.29, 1.82) is 0 Å². The third kappa shape index (κ3) is 3.34. The molecule has 28 heavy (non-hydrogen) atoms. The van der Waals surface area contributed by atoms with Crippen LogP contribution in [0.25, 0.3) is 10.6 Å². The topological polar surface area (TPSA) is 84.3 Å². The standard InChI is InChI=1S/C20H18N4O3S/c1-13-11-16(17-7-4-10-28-17)22-24(13)9-8-21-18(25)12-23-19(26)14-5-2-3-6-15(14)20(23)27/h2-7,10-11H,8-9,12H2,1H3,(H,21,25). The minimum absolute atomic E-state index is 0.287. The van der Waals surface area contributed by atoms with Crippen molar-refractivity contribution in [3.8, 4) is 10.6 Å². The van der Waals surface area contributed by atoms with Gasteiger partial charge in [0, 0.05) is 12.2 Å². The largest absolute Gasteiger partial charge is 0.353 e. The number of nitrogens with zero attached hydrogens (tertiary/aromatic N) is 3. The molecule has 0 saturated heterocycles. The summed E-state index contributed by atoms with van der Waals surface area (Å²) in [5.74, 6) is -1.24. The van der Waals surface area contributed by atoms with Crippen LogP contribution < -0.4 is 5.32 Å². The summed E-state index contributed by atoms with van der Waals surface area (Å²) in [6, 6.07) is 12.6. The Hall–Kier alpha value is -3.26. The van der Waals surface area contributed by atoms with Gasteiger partial charge < -0.3 is 5.32 Å². The van der Waals surface area contributed by atoms with Crippen LogP contribution in [0.5, 0.6) is 0 Å². The predicted octanol–water partition coefficient (Wildman–Crippen LogP) is 2.33. The number of aromatic nitrogens is 2. The Labute approximate surface area is 165 Å². The van der Waals surface area contributed by atoms with Crippen LogP contribution in [0.4, 0.5) is 0 Å². The van der Waals surface area contributed by atoms with Gasteiger partial charge in [-0.15, -0.1) is 11.3 Å². The molecule has 1 N–H and O–H groups in total. The Bertz CT molecular complexity index is 1020. The van der Waals surface area contributed by atoms with Gasteiger partial charge in [0.05, 0.1) is 22.5 Å². The molecule has 0 radical (unpaired) electrons. The molecule has 3 amide bonds. The van der Waals surface area contributed by atoms with Gasteiger partial charge >= 0.3 is 0 Å². The highest BCUT2D eigenvalue weighted by atomic mass is 32.1. The predicted molar refractivity (Wildman–Crippen MR) is 105 cm³/mol. The molecule has 1 aliphatic heterocycles. The Kier molecular flexibility index (Phi) is 4.79. The minimum Gasteiger partial charge on any atom is -0.353 e. The van der Waals surface area contributed by atoms with Crippen molar-refractivity contribution >= 4 is 29.1 Å². The second-order valence-corrected chi connectivity index (χ2v) is 7.41. The van der Waals surface area contributed by atoms with Gasteiger partial charge in [0.1, 0.15) is 12.2 Å². The molecular weight excluding hydrogens is 376 g/mol. The Morgan fingerprint density at radius 3 is 2.46 bits per heavy atom. The van der Waals surface area contributed by atoms with Crippen molar-refractivity contribution < 1.29 is 14.4 Å². The van der Waals surface area contributed by atoms with E-state index in [9.17, 15) is 14.4 Å². The fraction of sp³-hybridized carbons (Fsp3) is 0.200. The monoisotopic (exact) mass is 394 g/mol. The molecule has 3 aromatic rings. The summed E-state index contributed by atoms with van der Waals surface area (Å²) >= 11 is 1.62. The first-order valence-corrected chi connectivity index (χ1v) is 9.73. The van der Waals surface area contributed by atoms with E-state index in [0.29, 0.717) is 24.2 Å². The molecule has 1 aliphatic rings. The van der Waals surface area contributed by atoms with Crippen LogP contribution in [0.15, 0.2) is 47.8 Å². The molecule has 0 unspecified atom stereocenters. The van der Waals surface area contributed by atoms with E-state index in [-0.39, 0.29) is 12.5 Å². The Morgan fingerprint density at radius 1 is 1.11 bits per heavy atom. The zero-order valence-electron chi connectivity index (χ0n) is 15.2. The molecule has 4 rings (SSSR count). The summed E-state index contributed by atoms with van der Waals surface area (Å²) in [6.45, 7) is 2.54. The molecule has 8 heteroatoms. The molecule has 0 saturated carbocycles. The minimum atomic E-state index is -0.431. The third-order valence-electron chi connectivity index (χ3n) is 4.58. The first-order chi connectivity index (χ1) is 13.5. The molecule has 0 fully saturated rings. The molecule has 1 aromatic carbocycles. The molecular formula is C20H18N4O3S. The third-order valence-corrected chi connectivity index (χ3v) is 5.47. The van der Waals surface area contributed by atoms with Crippen LogP contribution in [0.2, 0.25) is 0 Å². The number of nitrogens with one attached hydrogen (secondary N) is 1. The maximum absolute atomic E-state index is 12.3. The zero-order valence-corrected chi connectivity index (χ0v) is 16.0. The van der Waals surface area contributed by atoms with Crippen LogP contribution in [0.3, 0.4) is 0 Å². The molecule has 142 valence electrons. The van der Waals surface area contributed by atoms with Crippen LogP contribution in [-0.4, -0.2) is 45.5 Å². The lowest BCUT2D eigenvalue weighted by Crippen LogP contribution is -2.41. The Morgan fingerprint density at radius 2 is 1.82 bits per heavy atom. The number of amides is 3. The van der Waals surface area contributed by atoms with Crippen molar-refractivity contribution in [3.63, 3.8) is 0 Å². The van der Waals surface area contributed by atoms with Gasteiger partial charge in [-0.3, -0.25) is 24.0 Å². The second-order valence-electron chi connectivity index (χ2n) is 6.46. The zero-order chi connectivity index (χ0) is 19.7. The molecule has 0 atom stereocenters. The summed E-state index contributed by atoms with van der Waals surface area (Å²) in [5.41, 5.74) is 2.59. The normalized spacial score (nSPS) is 13.1. The van der Waals surface area contributed by atoms with E-state index in [2.05, 4.69) is 10.4 Å². The summed E-state index contributed by atoms with van der Waals surface area (Å²) in [7, 11) is 0. The fourth-order valence-corrected chi connectivity index (χ4v) is 3.85. The summed E-state index contributed by atoms with van der Waals surface area (Å²) in [4.78, 5) is 38.9. The smallest absolute Gasteiger partial charge is 0.262 e. The molecule has 0 spiro atoms. The number of carbonyl (C=O) groups excluding carboxylic acids is 3. The second kappa shape index (κ2) is 7.40. The first kappa shape index (κ1) is 18.1. The number of thiophene rings is 1. The van der Waals surface area contributed by atoms with Gasteiger partial charge in [-0.05, 0) is 36.6 Å². The van der Waals surface area contributed by atoms with Crippen molar-refractivity contribution in [3.05, 3.63) is 64.7 Å². The highest BCUT2D eigenvalue weighted by Crippen LogP contribution is 2.24. The number of hydrogen-bond acceptors (Lipinski definition) is 5. The van der Waals surface area contributed by atoms with Gasteiger partial charge in [-0.2, -0.15) is 5.10 Å². The van der Waals surface area contributed by atoms with E-state index in [0.717, 1.165) is 21.2 Å². The number of hydrogen-bond donors (Lipinski definition) is 1. The number of benzene rings is 1. The van der Waals surface area contributed by atoms with Gasteiger partial charge in [-0.25, -0.2) is 0 Å². The maximum atomic E-state index is 12.3. The first-order valence-electron chi connectivity index (χ1n) is 8.85. The fourth-order valence-electron chi connectivity index (χ4n) is 3.16. The number of aryl methyl sites for hydroxylation is 1. The quantitative estimate of drug-likeness (QED) is 0.651. The molecule has 3 heterocycles. The van der Waals surface area contributed by atoms with Crippen LogP contribution in [0, 0.1) is 6.92 Å². The van der Waals surface area contributed by atoms with Crippen molar-refractivity contribution in [2.75, 3.05) is 13.1 Å². The van der Waals surface area contributed by atoms with Gasteiger partial charge in [-0.1, -0.05) is 18.2 Å². The van der Waals surface area contributed by atoms with E-state index >= 15 is 0 Å². The van der Waals surface area contributed by atoms with Gasteiger partial charge in [0.2, 0.25) is 5.91 Å². The van der Waals surface area contributed by atoms with Gasteiger partial charge in [0.25, 0.3) is 11.8 Å². The van der Waals surface area contributed by atoms with Crippen LogP contribution in [0.1, 0.15) is 26.4 Å². The molecule has 0 bridgehead atoms. The lowest BCUT2D eigenvalue weighted by atomic mass is 10.1. The summed E-state index contributed by atoms with van der Waals surface area (Å²) < 4.78 is 1.83. The van der Waals surface area contributed by atoms with Crippen molar-refractivity contribution in [2.24, 2.45) is 0 Å². The average molecular weight is 394 g/mol. The summed E-state index contributed by atoms with van der Waals surface area (Å²) in [5, 5.41) is 9.32. The van der Waals surface area contributed by atoms with Crippen LogP contribution in [-0.2, 0) is 11.3 Å². The lowest BCUT2D eigenvalue weighted by Gasteiger charge is -2.13. The van der Waals surface area contributed by atoms with E-state index in [4.69, 9.17) is 0 Å². The number of carbonyl (C=O) groups is 3. The highest BCUT2D eigenvalue weighted by Gasteiger charge is 2.36. The van der Waals surface area contributed by atoms with Gasteiger partial charge in [0.15, 0.2) is 0 Å². The SMILES string of the molecule is Cc1cc(-c2cccs2)nn1CCNC(=O)CN1C(=O)c2ccccc2C1=O. The van der Waals surface area contributed by atoms with E-state index in [1.807, 2.05) is 35.2 Å². The van der Waals surface area contributed by atoms with Crippen molar-refractivity contribution in [1.82, 2.24) is 20.0 Å². The maximum Gasteiger partial charge on any atom is 0.262 e. The summed E-state index contributed by atoms with van der Waals surface area (Å²) in [6.07, 6.45) is 0. The number of fused-ring (bicyclic) bond motifs is 1. The average Bonchev–Trinajstić information content (AvgIpc) is 3.39.